The number of esters is 1. The number of amides is 1. The molecule has 0 saturated carbocycles. The first-order chi connectivity index (χ1) is 17.4. The first-order valence-electron chi connectivity index (χ1n) is 11.4. The number of rotatable bonds is 8. The molecule has 6 heteroatoms. The minimum Gasteiger partial charge on any atom is -0.497 e. The van der Waals surface area contributed by atoms with Crippen molar-refractivity contribution in [2.45, 2.75) is 13.0 Å². The lowest BCUT2D eigenvalue weighted by Gasteiger charge is -2.18. The van der Waals surface area contributed by atoms with Crippen molar-refractivity contribution in [1.82, 2.24) is 0 Å². The van der Waals surface area contributed by atoms with Crippen LogP contribution in [-0.4, -0.2) is 24.8 Å². The van der Waals surface area contributed by atoms with Crippen molar-refractivity contribution in [3.63, 3.8) is 0 Å². The zero-order valence-corrected chi connectivity index (χ0v) is 19.9. The number of carbonyl (C=O) groups is 3. The Morgan fingerprint density at radius 1 is 0.722 bits per heavy atom. The van der Waals surface area contributed by atoms with Crippen LogP contribution in [0.4, 0.5) is 5.69 Å². The molecule has 0 saturated heterocycles. The molecule has 4 rings (SSSR count). The fourth-order valence-electron chi connectivity index (χ4n) is 3.61. The van der Waals surface area contributed by atoms with E-state index in [2.05, 4.69) is 5.32 Å². The Bertz CT molecular complexity index is 1360. The highest BCUT2D eigenvalue weighted by molar-refractivity contribution is 6.05. The van der Waals surface area contributed by atoms with Crippen LogP contribution >= 0.6 is 0 Å². The molecule has 180 valence electrons. The van der Waals surface area contributed by atoms with E-state index in [0.717, 1.165) is 5.56 Å². The summed E-state index contributed by atoms with van der Waals surface area (Å²) in [5.41, 5.74) is 3.14. The quantitative estimate of drug-likeness (QED) is 0.246. The van der Waals surface area contributed by atoms with Crippen LogP contribution in [0.3, 0.4) is 0 Å². The summed E-state index contributed by atoms with van der Waals surface area (Å²) < 4.78 is 10.9. The molecule has 0 aliphatic carbocycles. The van der Waals surface area contributed by atoms with Crippen molar-refractivity contribution in [2.24, 2.45) is 0 Å². The van der Waals surface area contributed by atoms with Gasteiger partial charge in [-0.25, -0.2) is 4.79 Å². The van der Waals surface area contributed by atoms with Gasteiger partial charge in [-0.05, 0) is 61.5 Å². The molecule has 1 N–H and O–H groups in total. The number of ether oxygens (including phenoxy) is 2. The zero-order valence-electron chi connectivity index (χ0n) is 19.9. The van der Waals surface area contributed by atoms with Crippen LogP contribution in [0.5, 0.6) is 5.75 Å². The van der Waals surface area contributed by atoms with Gasteiger partial charge in [-0.2, -0.15) is 0 Å². The second kappa shape index (κ2) is 11.1. The largest absolute Gasteiger partial charge is 0.497 e. The van der Waals surface area contributed by atoms with E-state index in [1.54, 1.807) is 86.0 Å². The third-order valence-corrected chi connectivity index (χ3v) is 5.61. The number of hydrogen-bond donors (Lipinski definition) is 1. The molecule has 0 aliphatic heterocycles. The molecule has 0 spiro atoms. The molecule has 0 bridgehead atoms. The van der Waals surface area contributed by atoms with Gasteiger partial charge in [0.1, 0.15) is 5.75 Å². The lowest BCUT2D eigenvalue weighted by atomic mass is 9.99. The van der Waals surface area contributed by atoms with Crippen LogP contribution in [-0.2, 0) is 4.74 Å². The summed E-state index contributed by atoms with van der Waals surface area (Å²) in [5, 5.41) is 2.79. The molecule has 0 fully saturated rings. The number of benzene rings is 4. The molecular weight excluding hydrogens is 454 g/mol. The third-order valence-electron chi connectivity index (χ3n) is 5.61. The van der Waals surface area contributed by atoms with Crippen molar-refractivity contribution >= 4 is 23.3 Å². The van der Waals surface area contributed by atoms with Crippen molar-refractivity contribution in [1.29, 1.82) is 0 Å². The van der Waals surface area contributed by atoms with E-state index in [1.165, 1.54) is 6.07 Å². The maximum absolute atomic E-state index is 13.3. The highest BCUT2D eigenvalue weighted by Gasteiger charge is 2.27. The van der Waals surface area contributed by atoms with Crippen LogP contribution in [0.1, 0.15) is 48.3 Å². The Morgan fingerprint density at radius 3 is 2.06 bits per heavy atom. The molecule has 4 aromatic rings. The maximum atomic E-state index is 13.3. The molecule has 4 aromatic carbocycles. The molecule has 0 aromatic heterocycles. The normalized spacial score (nSPS) is 11.3. The molecule has 0 unspecified atom stereocenters. The van der Waals surface area contributed by atoms with Gasteiger partial charge in [-0.3, -0.25) is 9.59 Å². The molecule has 6 nitrogen and oxygen atoms in total. The summed E-state index contributed by atoms with van der Waals surface area (Å²) >= 11 is 0. The van der Waals surface area contributed by atoms with Crippen LogP contribution in [0.25, 0.3) is 0 Å². The number of hydrogen-bond acceptors (Lipinski definition) is 5. The summed E-state index contributed by atoms with van der Waals surface area (Å²) in [4.78, 5) is 39.0. The fourth-order valence-corrected chi connectivity index (χ4v) is 3.61. The van der Waals surface area contributed by atoms with E-state index in [0.29, 0.717) is 28.1 Å². The minimum atomic E-state index is -1.14. The van der Waals surface area contributed by atoms with Crippen molar-refractivity contribution in [3.8, 4) is 5.75 Å². The van der Waals surface area contributed by atoms with Gasteiger partial charge in [0.2, 0.25) is 5.78 Å². The third kappa shape index (κ3) is 5.85. The summed E-state index contributed by atoms with van der Waals surface area (Å²) in [6.45, 7) is 1.94. The molecule has 36 heavy (non-hydrogen) atoms. The second-order valence-corrected chi connectivity index (χ2v) is 8.19. The molecule has 1 atom stereocenters. The predicted molar refractivity (Wildman–Crippen MR) is 137 cm³/mol. The number of Topliss-reactive ketones (excluding diaryl/α,β-unsaturated/α-hetero) is 1. The molecule has 0 radical (unpaired) electrons. The van der Waals surface area contributed by atoms with Crippen molar-refractivity contribution in [3.05, 3.63) is 131 Å². The van der Waals surface area contributed by atoms with Gasteiger partial charge < -0.3 is 14.8 Å². The number of carbonyl (C=O) groups excluding carboxylic acids is 3. The van der Waals surface area contributed by atoms with E-state index >= 15 is 0 Å². The summed E-state index contributed by atoms with van der Waals surface area (Å²) in [6, 6.07) is 29.1. The van der Waals surface area contributed by atoms with Crippen molar-refractivity contribution in [2.75, 3.05) is 12.4 Å². The highest BCUT2D eigenvalue weighted by Crippen LogP contribution is 2.26. The van der Waals surface area contributed by atoms with E-state index in [9.17, 15) is 14.4 Å². The number of methoxy groups -OCH3 is 1. The molecule has 0 heterocycles. The SMILES string of the molecule is COc1ccc(C(=O)[C@H](OC(=O)c2cccc(NC(=O)c3ccc(C)cc3)c2)c2ccccc2)cc1. The molecular formula is C30H25NO5. The zero-order chi connectivity index (χ0) is 25.5. The second-order valence-electron chi connectivity index (χ2n) is 8.19. The lowest BCUT2D eigenvalue weighted by molar-refractivity contribution is 0.0280. The molecule has 1 amide bonds. The Labute approximate surface area is 209 Å². The summed E-state index contributed by atoms with van der Waals surface area (Å²) in [5.74, 6) is -0.722. The average molecular weight is 480 g/mol. The van der Waals surface area contributed by atoms with E-state index < -0.39 is 12.1 Å². The van der Waals surface area contributed by atoms with Gasteiger partial charge in [0, 0.05) is 22.4 Å². The Kier molecular flexibility index (Phi) is 7.56. The van der Waals surface area contributed by atoms with E-state index in [4.69, 9.17) is 9.47 Å². The van der Waals surface area contributed by atoms with Gasteiger partial charge >= 0.3 is 5.97 Å². The summed E-state index contributed by atoms with van der Waals surface area (Å²) in [7, 11) is 1.54. The highest BCUT2D eigenvalue weighted by atomic mass is 16.5. The smallest absolute Gasteiger partial charge is 0.339 e. The average Bonchev–Trinajstić information content (AvgIpc) is 2.92. The van der Waals surface area contributed by atoms with Crippen LogP contribution in [0, 0.1) is 6.92 Å². The van der Waals surface area contributed by atoms with Gasteiger partial charge in [0.15, 0.2) is 6.10 Å². The number of aryl methyl sites for hydroxylation is 1. The van der Waals surface area contributed by atoms with E-state index in [1.807, 2.05) is 25.1 Å². The van der Waals surface area contributed by atoms with Gasteiger partial charge in [-0.15, -0.1) is 0 Å². The minimum absolute atomic E-state index is 0.208. The van der Waals surface area contributed by atoms with Crippen LogP contribution < -0.4 is 10.1 Å². The summed E-state index contributed by atoms with van der Waals surface area (Å²) in [6.07, 6.45) is -1.14. The predicted octanol–water partition coefficient (Wildman–Crippen LogP) is 6.04. The maximum Gasteiger partial charge on any atom is 0.339 e. The fraction of sp³-hybridized carbons (Fsp3) is 0.100. The van der Waals surface area contributed by atoms with Gasteiger partial charge in [0.25, 0.3) is 5.91 Å². The van der Waals surface area contributed by atoms with Gasteiger partial charge in [0.05, 0.1) is 12.7 Å². The first kappa shape index (κ1) is 24.4. The number of ketones is 1. The van der Waals surface area contributed by atoms with Crippen LogP contribution in [0.2, 0.25) is 0 Å². The number of anilines is 1. The topological polar surface area (TPSA) is 81.7 Å². The van der Waals surface area contributed by atoms with Crippen molar-refractivity contribution < 1.29 is 23.9 Å². The Hall–Kier alpha value is -4.71. The number of nitrogens with one attached hydrogen (secondary N) is 1. The van der Waals surface area contributed by atoms with Crippen LogP contribution in [0.15, 0.2) is 103 Å². The van der Waals surface area contributed by atoms with E-state index in [-0.39, 0.29) is 17.3 Å². The molecule has 0 aliphatic rings. The Balaban J connectivity index is 1.54. The lowest BCUT2D eigenvalue weighted by Crippen LogP contribution is -2.20. The standard InChI is InChI=1S/C30H25NO5/c1-20-11-13-23(14-12-20)29(33)31-25-10-6-9-24(19-25)30(34)36-28(22-7-4-3-5-8-22)27(32)21-15-17-26(35-2)18-16-21/h3-19,28H,1-2H3,(H,31,33)/t28-/m1/s1. The first-order valence-corrected chi connectivity index (χ1v) is 11.4. The Morgan fingerprint density at radius 2 is 1.39 bits per heavy atom. The monoisotopic (exact) mass is 479 g/mol. The van der Waals surface area contributed by atoms with Gasteiger partial charge in [-0.1, -0.05) is 54.1 Å².